The quantitative estimate of drug-likeness (QED) is 0.717. The van der Waals surface area contributed by atoms with Gasteiger partial charge < -0.3 is 9.31 Å². The molecular weight excluding hydrogens is 241 g/mol. The molecule has 1 aromatic rings. The Bertz CT molecular complexity index is 538. The molecule has 0 atom stereocenters. The highest BCUT2D eigenvalue weighted by molar-refractivity contribution is 6.62. The fraction of sp³-hybridized carbons (Fsp3) is 0.571. The van der Waals surface area contributed by atoms with E-state index in [-0.39, 0.29) is 17.0 Å². The predicted molar refractivity (Wildman–Crippen MR) is 72.6 cm³/mol. The molecule has 2 aliphatic rings. The van der Waals surface area contributed by atoms with Crippen LogP contribution in [0.25, 0.3) is 0 Å². The van der Waals surface area contributed by atoms with Crippen LogP contribution in [0, 0.1) is 0 Å². The maximum Gasteiger partial charge on any atom is 0.496 e. The molecule has 3 rings (SSSR count). The van der Waals surface area contributed by atoms with Crippen molar-refractivity contribution >= 4 is 18.4 Å². The summed E-state index contributed by atoms with van der Waals surface area (Å²) in [6.07, 6.45) is 3.08. The summed E-state index contributed by atoms with van der Waals surface area (Å²) in [4.78, 5) is 16.1. The third-order valence-corrected chi connectivity index (χ3v) is 4.41. The van der Waals surface area contributed by atoms with Gasteiger partial charge in [-0.05, 0) is 40.2 Å². The molecule has 0 bridgehead atoms. The number of Topliss-reactive ketones (excluding diaryl/α,β-unsaturated/α-hetero) is 1. The Labute approximate surface area is 113 Å². The highest BCUT2D eigenvalue weighted by Crippen LogP contribution is 2.36. The number of hydrogen-bond acceptors (Lipinski definition) is 4. The lowest BCUT2D eigenvalue weighted by Crippen LogP contribution is -2.41. The lowest BCUT2D eigenvalue weighted by Gasteiger charge is -2.32. The van der Waals surface area contributed by atoms with Gasteiger partial charge in [-0.25, -0.2) is 0 Å². The van der Waals surface area contributed by atoms with Gasteiger partial charge in [0.2, 0.25) is 0 Å². The molecule has 0 radical (unpaired) electrons. The van der Waals surface area contributed by atoms with Gasteiger partial charge in [0.1, 0.15) is 0 Å². The van der Waals surface area contributed by atoms with Crippen LogP contribution in [0.4, 0.5) is 0 Å². The van der Waals surface area contributed by atoms with Crippen LogP contribution in [-0.4, -0.2) is 29.1 Å². The van der Waals surface area contributed by atoms with Crippen molar-refractivity contribution in [2.45, 2.75) is 51.7 Å². The van der Waals surface area contributed by atoms with Crippen molar-refractivity contribution in [2.24, 2.45) is 0 Å². The van der Waals surface area contributed by atoms with Gasteiger partial charge >= 0.3 is 7.12 Å². The largest absolute Gasteiger partial charge is 0.496 e. The van der Waals surface area contributed by atoms with Crippen molar-refractivity contribution < 1.29 is 14.1 Å². The van der Waals surface area contributed by atoms with E-state index in [2.05, 4.69) is 4.98 Å². The summed E-state index contributed by atoms with van der Waals surface area (Å²) in [5.41, 5.74) is 1.70. The molecule has 0 saturated carbocycles. The Balaban J connectivity index is 1.93. The molecule has 1 aromatic heterocycles. The minimum atomic E-state index is -0.448. The minimum absolute atomic E-state index is 0.167. The predicted octanol–water partition coefficient (Wildman–Crippen LogP) is 1.51. The van der Waals surface area contributed by atoms with E-state index in [0.717, 1.165) is 23.1 Å². The molecule has 5 heteroatoms. The standard InChI is InChI=1S/C14H18BNO3/c1-13(2)14(3,4)19-15(18-13)9-7-10-11(16-8-9)5-6-12(10)17/h7-8H,5-6H2,1-4H3. The number of carbonyl (C=O) groups excluding carboxylic acids is 1. The molecule has 0 amide bonds. The molecule has 1 fully saturated rings. The molecule has 4 nitrogen and oxygen atoms in total. The van der Waals surface area contributed by atoms with Crippen LogP contribution in [0.3, 0.4) is 0 Å². The van der Waals surface area contributed by atoms with Crippen LogP contribution in [-0.2, 0) is 15.7 Å². The molecule has 1 saturated heterocycles. The van der Waals surface area contributed by atoms with Gasteiger partial charge in [-0.2, -0.15) is 0 Å². The Morgan fingerprint density at radius 2 is 1.79 bits per heavy atom. The van der Waals surface area contributed by atoms with Crippen LogP contribution in [0.2, 0.25) is 0 Å². The van der Waals surface area contributed by atoms with Crippen molar-refractivity contribution in [2.75, 3.05) is 0 Å². The third-order valence-electron chi connectivity index (χ3n) is 4.41. The number of aromatic nitrogens is 1. The lowest BCUT2D eigenvalue weighted by atomic mass is 9.79. The first kappa shape index (κ1) is 12.8. The van der Waals surface area contributed by atoms with Gasteiger partial charge in [0.25, 0.3) is 0 Å². The highest BCUT2D eigenvalue weighted by Gasteiger charge is 2.52. The number of ketones is 1. The number of pyridine rings is 1. The normalized spacial score (nSPS) is 23.8. The van der Waals surface area contributed by atoms with Gasteiger partial charge in [-0.15, -0.1) is 0 Å². The number of nitrogens with zero attached hydrogens (tertiary/aromatic N) is 1. The summed E-state index contributed by atoms with van der Waals surface area (Å²) in [5.74, 6) is 0.167. The molecular formula is C14H18BNO3. The monoisotopic (exact) mass is 259 g/mol. The second-order valence-electron chi connectivity index (χ2n) is 6.27. The topological polar surface area (TPSA) is 48.4 Å². The Morgan fingerprint density at radius 1 is 1.16 bits per heavy atom. The summed E-state index contributed by atoms with van der Waals surface area (Å²) in [6, 6.07) is 1.87. The highest BCUT2D eigenvalue weighted by atomic mass is 16.7. The Hall–Kier alpha value is -1.20. The minimum Gasteiger partial charge on any atom is -0.399 e. The molecule has 100 valence electrons. The maximum absolute atomic E-state index is 11.8. The average molecular weight is 259 g/mol. The van der Waals surface area contributed by atoms with E-state index in [9.17, 15) is 4.79 Å². The van der Waals surface area contributed by atoms with Crippen LogP contribution < -0.4 is 5.46 Å². The first-order valence-electron chi connectivity index (χ1n) is 6.68. The van der Waals surface area contributed by atoms with Gasteiger partial charge in [0.15, 0.2) is 5.78 Å². The zero-order chi connectivity index (χ0) is 13.8. The van der Waals surface area contributed by atoms with E-state index < -0.39 is 7.12 Å². The molecule has 2 heterocycles. The fourth-order valence-electron chi connectivity index (χ4n) is 2.42. The maximum atomic E-state index is 11.8. The molecule has 0 N–H and O–H groups in total. The van der Waals surface area contributed by atoms with Gasteiger partial charge in [-0.3, -0.25) is 9.78 Å². The van der Waals surface area contributed by atoms with Gasteiger partial charge in [0.05, 0.1) is 16.9 Å². The van der Waals surface area contributed by atoms with E-state index in [1.807, 2.05) is 33.8 Å². The summed E-state index contributed by atoms with van der Waals surface area (Å²) in [7, 11) is -0.448. The lowest BCUT2D eigenvalue weighted by molar-refractivity contribution is 0.00578. The summed E-state index contributed by atoms with van der Waals surface area (Å²) in [5, 5.41) is 0. The van der Waals surface area contributed by atoms with Crippen LogP contribution >= 0.6 is 0 Å². The number of aryl methyl sites for hydroxylation is 1. The van der Waals surface area contributed by atoms with Crippen molar-refractivity contribution in [1.82, 2.24) is 4.98 Å². The number of fused-ring (bicyclic) bond motifs is 1. The van der Waals surface area contributed by atoms with E-state index in [1.165, 1.54) is 0 Å². The van der Waals surface area contributed by atoms with Crippen LogP contribution in [0.1, 0.15) is 50.2 Å². The fourth-order valence-corrected chi connectivity index (χ4v) is 2.42. The van der Waals surface area contributed by atoms with Crippen molar-refractivity contribution in [3.63, 3.8) is 0 Å². The number of hydrogen-bond donors (Lipinski definition) is 0. The SMILES string of the molecule is CC1(C)OB(c2cnc3c(c2)C(=O)CC3)OC1(C)C. The Kier molecular flexibility index (Phi) is 2.63. The zero-order valence-corrected chi connectivity index (χ0v) is 11.8. The van der Waals surface area contributed by atoms with Crippen molar-refractivity contribution in [3.05, 3.63) is 23.5 Å². The summed E-state index contributed by atoms with van der Waals surface area (Å²) >= 11 is 0. The molecule has 0 aromatic carbocycles. The summed E-state index contributed by atoms with van der Waals surface area (Å²) < 4.78 is 11.9. The van der Waals surface area contributed by atoms with Crippen LogP contribution in [0.5, 0.6) is 0 Å². The number of rotatable bonds is 1. The molecule has 0 spiro atoms. The summed E-state index contributed by atoms with van der Waals surface area (Å²) in [6.45, 7) is 8.05. The Morgan fingerprint density at radius 3 is 2.42 bits per heavy atom. The molecule has 19 heavy (non-hydrogen) atoms. The molecule has 1 aliphatic heterocycles. The van der Waals surface area contributed by atoms with E-state index in [1.54, 1.807) is 6.20 Å². The molecule has 1 aliphatic carbocycles. The van der Waals surface area contributed by atoms with E-state index >= 15 is 0 Å². The van der Waals surface area contributed by atoms with Crippen LogP contribution in [0.15, 0.2) is 12.3 Å². The first-order chi connectivity index (χ1) is 8.80. The van der Waals surface area contributed by atoms with Crippen molar-refractivity contribution in [1.29, 1.82) is 0 Å². The second-order valence-corrected chi connectivity index (χ2v) is 6.27. The van der Waals surface area contributed by atoms with Gasteiger partial charge in [-0.1, -0.05) is 0 Å². The average Bonchev–Trinajstić information content (AvgIpc) is 2.78. The van der Waals surface area contributed by atoms with Gasteiger partial charge in [0, 0.05) is 23.6 Å². The van der Waals surface area contributed by atoms with E-state index in [0.29, 0.717) is 6.42 Å². The zero-order valence-electron chi connectivity index (χ0n) is 11.8. The smallest absolute Gasteiger partial charge is 0.399 e. The third kappa shape index (κ3) is 1.92. The van der Waals surface area contributed by atoms with E-state index in [4.69, 9.17) is 9.31 Å². The first-order valence-corrected chi connectivity index (χ1v) is 6.68. The second kappa shape index (κ2) is 3.90. The van der Waals surface area contributed by atoms with Crippen molar-refractivity contribution in [3.8, 4) is 0 Å². The molecule has 0 unspecified atom stereocenters. The number of carbonyl (C=O) groups is 1.